The van der Waals surface area contributed by atoms with E-state index in [0.29, 0.717) is 5.41 Å². The second-order valence-corrected chi connectivity index (χ2v) is 7.21. The van der Waals surface area contributed by atoms with Crippen molar-refractivity contribution in [1.82, 2.24) is 15.1 Å². The summed E-state index contributed by atoms with van der Waals surface area (Å²) in [6.45, 7) is 11.1. The van der Waals surface area contributed by atoms with Gasteiger partial charge in [-0.15, -0.1) is 0 Å². The SMILES string of the molecule is CCC(CC)(CNC)CN1CCC2C(CCCN2C)C1. The molecule has 2 fully saturated rings. The molecule has 20 heavy (non-hydrogen) atoms. The number of hydrogen-bond acceptors (Lipinski definition) is 3. The van der Waals surface area contributed by atoms with Crippen LogP contribution < -0.4 is 5.32 Å². The molecule has 2 rings (SSSR count). The maximum Gasteiger partial charge on any atom is 0.0145 e. The van der Waals surface area contributed by atoms with Crippen LogP contribution in [0.5, 0.6) is 0 Å². The van der Waals surface area contributed by atoms with Gasteiger partial charge in [-0.2, -0.15) is 0 Å². The van der Waals surface area contributed by atoms with Crippen LogP contribution in [0.4, 0.5) is 0 Å². The van der Waals surface area contributed by atoms with Crippen molar-refractivity contribution >= 4 is 0 Å². The molecule has 1 N–H and O–H groups in total. The zero-order chi connectivity index (χ0) is 14.6. The molecule has 118 valence electrons. The van der Waals surface area contributed by atoms with Crippen molar-refractivity contribution in [2.45, 2.75) is 52.0 Å². The van der Waals surface area contributed by atoms with Crippen molar-refractivity contribution in [3.05, 3.63) is 0 Å². The van der Waals surface area contributed by atoms with Gasteiger partial charge in [0.15, 0.2) is 0 Å². The van der Waals surface area contributed by atoms with E-state index in [4.69, 9.17) is 0 Å². The highest BCUT2D eigenvalue weighted by atomic mass is 15.2. The second-order valence-electron chi connectivity index (χ2n) is 7.21. The molecule has 0 saturated carbocycles. The summed E-state index contributed by atoms with van der Waals surface area (Å²) in [5, 5.41) is 3.43. The number of piperidine rings is 2. The molecule has 2 aliphatic heterocycles. The summed E-state index contributed by atoms with van der Waals surface area (Å²) in [5.41, 5.74) is 0.474. The monoisotopic (exact) mass is 281 g/mol. The largest absolute Gasteiger partial charge is 0.319 e. The Morgan fingerprint density at radius 1 is 1.15 bits per heavy atom. The Morgan fingerprint density at radius 3 is 2.55 bits per heavy atom. The molecule has 2 unspecified atom stereocenters. The minimum atomic E-state index is 0.474. The first kappa shape index (κ1) is 16.3. The van der Waals surface area contributed by atoms with E-state index in [0.717, 1.165) is 18.5 Å². The third-order valence-corrected chi connectivity index (χ3v) is 6.04. The van der Waals surface area contributed by atoms with Crippen molar-refractivity contribution in [2.24, 2.45) is 11.3 Å². The Labute approximate surface area is 126 Å². The maximum absolute atomic E-state index is 3.43. The van der Waals surface area contributed by atoms with Gasteiger partial charge in [-0.1, -0.05) is 13.8 Å². The average molecular weight is 281 g/mol. The Kier molecular flexibility index (Phi) is 5.88. The fourth-order valence-corrected chi connectivity index (χ4v) is 4.50. The van der Waals surface area contributed by atoms with Gasteiger partial charge < -0.3 is 15.1 Å². The van der Waals surface area contributed by atoms with Crippen LogP contribution in [0.15, 0.2) is 0 Å². The van der Waals surface area contributed by atoms with Crippen molar-refractivity contribution in [3.63, 3.8) is 0 Å². The number of likely N-dealkylation sites (tertiary alicyclic amines) is 2. The van der Waals surface area contributed by atoms with Crippen LogP contribution in [0.25, 0.3) is 0 Å². The van der Waals surface area contributed by atoms with Crippen LogP contribution in [0, 0.1) is 11.3 Å². The van der Waals surface area contributed by atoms with Gasteiger partial charge in [0.05, 0.1) is 0 Å². The number of nitrogens with one attached hydrogen (secondary N) is 1. The van der Waals surface area contributed by atoms with Gasteiger partial charge in [0, 0.05) is 25.7 Å². The highest BCUT2D eigenvalue weighted by Crippen LogP contribution is 2.33. The van der Waals surface area contributed by atoms with Crippen LogP contribution in [0.2, 0.25) is 0 Å². The van der Waals surface area contributed by atoms with Gasteiger partial charge in [-0.05, 0) is 70.6 Å². The molecule has 0 aromatic heterocycles. The fraction of sp³-hybridized carbons (Fsp3) is 1.00. The highest BCUT2D eigenvalue weighted by molar-refractivity contribution is 4.92. The topological polar surface area (TPSA) is 18.5 Å². The van der Waals surface area contributed by atoms with Crippen molar-refractivity contribution < 1.29 is 0 Å². The van der Waals surface area contributed by atoms with Crippen molar-refractivity contribution in [1.29, 1.82) is 0 Å². The molecule has 3 heteroatoms. The normalized spacial score (nSPS) is 29.4. The number of fused-ring (bicyclic) bond motifs is 1. The number of rotatable bonds is 6. The third kappa shape index (κ3) is 3.55. The molecule has 0 aromatic carbocycles. The van der Waals surface area contributed by atoms with Gasteiger partial charge in [0.1, 0.15) is 0 Å². The number of hydrogen-bond donors (Lipinski definition) is 1. The smallest absolute Gasteiger partial charge is 0.0145 e. The van der Waals surface area contributed by atoms with E-state index >= 15 is 0 Å². The zero-order valence-corrected chi connectivity index (χ0v) is 14.1. The minimum Gasteiger partial charge on any atom is -0.319 e. The molecule has 0 bridgehead atoms. The quantitative estimate of drug-likeness (QED) is 0.807. The second kappa shape index (κ2) is 7.24. The molecular weight excluding hydrogens is 246 g/mol. The lowest BCUT2D eigenvalue weighted by molar-refractivity contribution is 0.0173. The molecule has 2 heterocycles. The summed E-state index contributed by atoms with van der Waals surface area (Å²) in [6.07, 6.45) is 6.80. The van der Waals surface area contributed by atoms with Crippen LogP contribution >= 0.6 is 0 Å². The van der Waals surface area contributed by atoms with E-state index in [9.17, 15) is 0 Å². The maximum atomic E-state index is 3.43. The standard InChI is InChI=1S/C17H35N3/c1-5-17(6-2,13-18-3)14-20-11-9-16-15(12-20)8-7-10-19(16)4/h15-16,18H,5-14H2,1-4H3. The van der Waals surface area contributed by atoms with Gasteiger partial charge >= 0.3 is 0 Å². The van der Waals surface area contributed by atoms with E-state index in [2.05, 4.69) is 43.1 Å². The highest BCUT2D eigenvalue weighted by Gasteiger charge is 2.36. The molecule has 2 saturated heterocycles. The molecule has 0 spiro atoms. The van der Waals surface area contributed by atoms with Gasteiger partial charge in [-0.25, -0.2) is 0 Å². The van der Waals surface area contributed by atoms with E-state index in [-0.39, 0.29) is 0 Å². The first-order valence-corrected chi connectivity index (χ1v) is 8.71. The third-order valence-electron chi connectivity index (χ3n) is 6.04. The van der Waals surface area contributed by atoms with E-state index in [1.165, 1.54) is 58.3 Å². The Bertz CT molecular complexity index is 288. The first-order valence-electron chi connectivity index (χ1n) is 8.71. The molecule has 0 aromatic rings. The summed E-state index contributed by atoms with van der Waals surface area (Å²) >= 11 is 0. The van der Waals surface area contributed by atoms with E-state index < -0.39 is 0 Å². The molecule has 3 nitrogen and oxygen atoms in total. The summed E-state index contributed by atoms with van der Waals surface area (Å²) in [6, 6.07) is 0.863. The van der Waals surface area contributed by atoms with E-state index in [1.54, 1.807) is 0 Å². The Balaban J connectivity index is 1.94. The summed E-state index contributed by atoms with van der Waals surface area (Å²) < 4.78 is 0. The molecular formula is C17H35N3. The van der Waals surface area contributed by atoms with Gasteiger partial charge in [-0.3, -0.25) is 0 Å². The van der Waals surface area contributed by atoms with Gasteiger partial charge in [0.2, 0.25) is 0 Å². The molecule has 2 atom stereocenters. The van der Waals surface area contributed by atoms with E-state index in [1.807, 2.05) is 0 Å². The lowest BCUT2D eigenvalue weighted by Gasteiger charge is -2.48. The predicted octanol–water partition coefficient (Wildman–Crippen LogP) is 2.43. The number of nitrogens with zero attached hydrogens (tertiary/aromatic N) is 2. The molecule has 2 aliphatic rings. The summed E-state index contributed by atoms with van der Waals surface area (Å²) in [5.74, 6) is 0.920. The Hall–Kier alpha value is -0.120. The van der Waals surface area contributed by atoms with Crippen LogP contribution in [-0.2, 0) is 0 Å². The first-order chi connectivity index (χ1) is 9.64. The minimum absolute atomic E-state index is 0.474. The van der Waals surface area contributed by atoms with Crippen LogP contribution in [0.3, 0.4) is 0 Å². The summed E-state index contributed by atoms with van der Waals surface area (Å²) in [4.78, 5) is 5.39. The summed E-state index contributed by atoms with van der Waals surface area (Å²) in [7, 11) is 4.43. The molecule has 0 aliphatic carbocycles. The predicted molar refractivity (Wildman–Crippen MR) is 87.1 cm³/mol. The fourth-order valence-electron chi connectivity index (χ4n) is 4.50. The average Bonchev–Trinajstić information content (AvgIpc) is 2.47. The van der Waals surface area contributed by atoms with Crippen LogP contribution in [0.1, 0.15) is 46.0 Å². The lowest BCUT2D eigenvalue weighted by Crippen LogP contribution is -2.55. The van der Waals surface area contributed by atoms with Crippen molar-refractivity contribution in [3.8, 4) is 0 Å². The van der Waals surface area contributed by atoms with Crippen LogP contribution in [-0.4, -0.2) is 62.7 Å². The Morgan fingerprint density at radius 2 is 1.90 bits per heavy atom. The molecule has 0 amide bonds. The van der Waals surface area contributed by atoms with Crippen molar-refractivity contribution in [2.75, 3.05) is 46.8 Å². The lowest BCUT2D eigenvalue weighted by atomic mass is 9.79. The zero-order valence-electron chi connectivity index (χ0n) is 14.1. The molecule has 0 radical (unpaired) electrons. The van der Waals surface area contributed by atoms with Gasteiger partial charge in [0.25, 0.3) is 0 Å².